The van der Waals surface area contributed by atoms with E-state index in [4.69, 9.17) is 4.74 Å². The average Bonchev–Trinajstić information content (AvgIpc) is 2.97. The second kappa shape index (κ2) is 8.39. The third-order valence-corrected chi connectivity index (χ3v) is 4.52. The molecule has 3 rings (SSSR count). The standard InChI is InChI=1S/C18H19N3O8/c22-11-6-7-21(18(28)20-11)16-13(24)12(23)14(29-16)15(25)19-10(17(26)27)8-9-4-2-1-3-5-9/h1-7,10,12-14,16,23-24H,8H2,(H,19,25)(H,26,27)(H,20,22,28)/t10-,12+,13-,14+,16-/m1/s1. The fraction of sp³-hybridized carbons (Fsp3) is 0.333. The number of carboxylic acid groups (broad SMARTS) is 1. The Morgan fingerprint density at radius 1 is 1.14 bits per heavy atom. The van der Waals surface area contributed by atoms with Crippen molar-refractivity contribution in [3.8, 4) is 0 Å². The lowest BCUT2D eigenvalue weighted by Gasteiger charge is -2.19. The molecule has 0 radical (unpaired) electrons. The van der Waals surface area contributed by atoms with Gasteiger partial charge in [-0.25, -0.2) is 9.59 Å². The van der Waals surface area contributed by atoms with Crippen LogP contribution in [-0.4, -0.2) is 61.1 Å². The van der Waals surface area contributed by atoms with E-state index in [0.29, 0.717) is 5.56 Å². The molecule has 0 unspecified atom stereocenters. The SMILES string of the molecule is O=C(N[C@H](Cc1ccccc1)C(=O)O)[C@H]1O[C@@H](n2ccc(=O)[nH]c2=O)[C@H](O)[C@@H]1O. The number of carboxylic acids is 1. The summed E-state index contributed by atoms with van der Waals surface area (Å²) in [6.45, 7) is 0. The van der Waals surface area contributed by atoms with Crippen LogP contribution < -0.4 is 16.6 Å². The number of amides is 1. The van der Waals surface area contributed by atoms with Crippen molar-refractivity contribution < 1.29 is 29.6 Å². The lowest BCUT2D eigenvalue weighted by molar-refractivity contribution is -0.146. The smallest absolute Gasteiger partial charge is 0.330 e. The van der Waals surface area contributed by atoms with Crippen molar-refractivity contribution in [3.05, 3.63) is 69.0 Å². The Morgan fingerprint density at radius 2 is 1.83 bits per heavy atom. The molecule has 11 heteroatoms. The quantitative estimate of drug-likeness (QED) is 0.366. The van der Waals surface area contributed by atoms with E-state index >= 15 is 0 Å². The summed E-state index contributed by atoms with van der Waals surface area (Å²) in [5, 5.41) is 32.0. The predicted octanol–water partition coefficient (Wildman–Crippen LogP) is -2.03. The molecular formula is C18H19N3O8. The number of H-pyrrole nitrogens is 1. The number of carbonyl (C=O) groups is 2. The van der Waals surface area contributed by atoms with E-state index in [1.165, 1.54) is 0 Å². The van der Waals surface area contributed by atoms with E-state index in [1.807, 2.05) is 4.98 Å². The molecule has 1 saturated heterocycles. The van der Waals surface area contributed by atoms with Gasteiger partial charge in [-0.1, -0.05) is 30.3 Å². The van der Waals surface area contributed by atoms with Gasteiger partial charge in [0.15, 0.2) is 12.3 Å². The molecule has 0 bridgehead atoms. The highest BCUT2D eigenvalue weighted by molar-refractivity contribution is 5.87. The number of rotatable bonds is 6. The maximum Gasteiger partial charge on any atom is 0.330 e. The number of aromatic nitrogens is 2. The summed E-state index contributed by atoms with van der Waals surface area (Å²) in [6, 6.07) is 8.33. The summed E-state index contributed by atoms with van der Waals surface area (Å²) in [5.74, 6) is -2.25. The molecule has 1 fully saturated rings. The van der Waals surface area contributed by atoms with E-state index in [2.05, 4.69) is 5.32 Å². The first kappa shape index (κ1) is 20.5. The van der Waals surface area contributed by atoms with Gasteiger partial charge in [-0.15, -0.1) is 0 Å². The van der Waals surface area contributed by atoms with Gasteiger partial charge in [-0.3, -0.25) is 19.1 Å². The molecule has 0 aliphatic carbocycles. The van der Waals surface area contributed by atoms with Gasteiger partial charge in [0.25, 0.3) is 11.5 Å². The summed E-state index contributed by atoms with van der Waals surface area (Å²) in [6.07, 6.45) is -5.39. The number of aliphatic hydroxyl groups is 2. The summed E-state index contributed by atoms with van der Waals surface area (Å²) in [7, 11) is 0. The Kier molecular flexibility index (Phi) is 5.92. The van der Waals surface area contributed by atoms with E-state index in [-0.39, 0.29) is 6.42 Å². The molecule has 29 heavy (non-hydrogen) atoms. The molecule has 2 heterocycles. The Hall–Kier alpha value is -3.28. The topological polar surface area (TPSA) is 171 Å². The van der Waals surface area contributed by atoms with E-state index < -0.39 is 53.7 Å². The minimum Gasteiger partial charge on any atom is -0.480 e. The number of hydrogen-bond acceptors (Lipinski definition) is 7. The van der Waals surface area contributed by atoms with Crippen molar-refractivity contribution in [2.75, 3.05) is 0 Å². The second-order valence-electron chi connectivity index (χ2n) is 6.53. The van der Waals surface area contributed by atoms with Crippen LogP contribution in [0.1, 0.15) is 11.8 Å². The van der Waals surface area contributed by atoms with E-state index in [9.17, 15) is 34.5 Å². The van der Waals surface area contributed by atoms with Gasteiger partial charge in [-0.2, -0.15) is 0 Å². The molecule has 11 nitrogen and oxygen atoms in total. The van der Waals surface area contributed by atoms with Gasteiger partial charge in [0.1, 0.15) is 18.2 Å². The molecule has 5 atom stereocenters. The highest BCUT2D eigenvalue weighted by Gasteiger charge is 2.48. The first-order valence-electron chi connectivity index (χ1n) is 8.68. The molecule has 1 aromatic heterocycles. The average molecular weight is 405 g/mol. The Balaban J connectivity index is 1.75. The van der Waals surface area contributed by atoms with Gasteiger partial charge in [0.2, 0.25) is 0 Å². The van der Waals surface area contributed by atoms with E-state index in [0.717, 1.165) is 16.8 Å². The van der Waals surface area contributed by atoms with Gasteiger partial charge in [-0.05, 0) is 5.56 Å². The van der Waals surface area contributed by atoms with Gasteiger partial charge < -0.3 is 25.4 Å². The van der Waals surface area contributed by atoms with Crippen LogP contribution >= 0.6 is 0 Å². The summed E-state index contributed by atoms with van der Waals surface area (Å²) in [4.78, 5) is 49.0. The van der Waals surface area contributed by atoms with Crippen LogP contribution in [0.15, 0.2) is 52.2 Å². The number of ether oxygens (including phenoxy) is 1. The first-order valence-corrected chi connectivity index (χ1v) is 8.68. The van der Waals surface area contributed by atoms with Crippen LogP contribution in [0.2, 0.25) is 0 Å². The van der Waals surface area contributed by atoms with Gasteiger partial charge in [0.05, 0.1) is 0 Å². The molecule has 1 aromatic carbocycles. The monoisotopic (exact) mass is 405 g/mol. The Labute approximate surface area is 163 Å². The van der Waals surface area contributed by atoms with Gasteiger partial charge in [0, 0.05) is 18.7 Å². The van der Waals surface area contributed by atoms with Crippen molar-refractivity contribution in [3.63, 3.8) is 0 Å². The summed E-state index contributed by atoms with van der Waals surface area (Å²) < 4.78 is 6.14. The number of aliphatic carboxylic acids is 1. The number of nitrogens with one attached hydrogen (secondary N) is 2. The van der Waals surface area contributed by atoms with Crippen molar-refractivity contribution in [2.24, 2.45) is 0 Å². The first-order chi connectivity index (χ1) is 13.8. The number of hydrogen-bond donors (Lipinski definition) is 5. The largest absolute Gasteiger partial charge is 0.480 e. The molecule has 0 saturated carbocycles. The minimum absolute atomic E-state index is 0.00388. The highest BCUT2D eigenvalue weighted by atomic mass is 16.6. The number of nitrogens with zero attached hydrogens (tertiary/aromatic N) is 1. The summed E-state index contributed by atoms with van der Waals surface area (Å²) >= 11 is 0. The number of aliphatic hydroxyl groups excluding tert-OH is 2. The zero-order valence-electron chi connectivity index (χ0n) is 15.0. The summed E-state index contributed by atoms with van der Waals surface area (Å²) in [5.41, 5.74) is -0.896. The van der Waals surface area contributed by atoms with E-state index in [1.54, 1.807) is 30.3 Å². The van der Waals surface area contributed by atoms with Crippen molar-refractivity contribution >= 4 is 11.9 Å². The lowest BCUT2D eigenvalue weighted by atomic mass is 10.0. The van der Waals surface area contributed by atoms with Crippen LogP contribution in [0, 0.1) is 0 Å². The van der Waals surface area contributed by atoms with Crippen LogP contribution in [0.3, 0.4) is 0 Å². The maximum absolute atomic E-state index is 12.5. The van der Waals surface area contributed by atoms with Crippen molar-refractivity contribution in [1.29, 1.82) is 0 Å². The van der Waals surface area contributed by atoms with Crippen LogP contribution in [0.5, 0.6) is 0 Å². The Bertz CT molecular complexity index is 1000. The minimum atomic E-state index is -1.72. The zero-order valence-corrected chi connectivity index (χ0v) is 15.0. The lowest BCUT2D eigenvalue weighted by Crippen LogP contribution is -2.50. The molecular weight excluding hydrogens is 386 g/mol. The third kappa shape index (κ3) is 4.42. The van der Waals surface area contributed by atoms with Crippen LogP contribution in [-0.2, 0) is 20.7 Å². The maximum atomic E-state index is 12.5. The molecule has 5 N–H and O–H groups in total. The Morgan fingerprint density at radius 3 is 2.45 bits per heavy atom. The molecule has 154 valence electrons. The predicted molar refractivity (Wildman–Crippen MR) is 97.0 cm³/mol. The molecule has 1 aliphatic heterocycles. The highest BCUT2D eigenvalue weighted by Crippen LogP contribution is 2.28. The van der Waals surface area contributed by atoms with Crippen LogP contribution in [0.25, 0.3) is 0 Å². The molecule has 0 spiro atoms. The molecule has 2 aromatic rings. The number of aromatic amines is 1. The second-order valence-corrected chi connectivity index (χ2v) is 6.53. The molecule has 1 amide bonds. The fourth-order valence-corrected chi connectivity index (χ4v) is 3.04. The number of carbonyl (C=O) groups excluding carboxylic acids is 1. The van der Waals surface area contributed by atoms with Gasteiger partial charge >= 0.3 is 11.7 Å². The van der Waals surface area contributed by atoms with Crippen LogP contribution in [0.4, 0.5) is 0 Å². The normalized spacial score (nSPS) is 24.8. The fourth-order valence-electron chi connectivity index (χ4n) is 3.04. The molecule has 1 aliphatic rings. The van der Waals surface area contributed by atoms with Crippen molar-refractivity contribution in [2.45, 2.75) is 37.0 Å². The third-order valence-electron chi connectivity index (χ3n) is 4.52. The van der Waals surface area contributed by atoms with Crippen molar-refractivity contribution in [1.82, 2.24) is 14.9 Å². The number of benzene rings is 1. The zero-order chi connectivity index (χ0) is 21.1.